The Morgan fingerprint density at radius 2 is 1.55 bits per heavy atom. The van der Waals surface area contributed by atoms with Crippen LogP contribution in [0, 0.1) is 0 Å². The fourth-order valence-electron chi connectivity index (χ4n) is 2.28. The zero-order chi connectivity index (χ0) is 15.5. The summed E-state index contributed by atoms with van der Waals surface area (Å²) in [4.78, 5) is 8.01. The van der Waals surface area contributed by atoms with Crippen LogP contribution in [-0.2, 0) is 6.61 Å². The van der Waals surface area contributed by atoms with Gasteiger partial charge in [-0.25, -0.2) is 9.97 Å². The summed E-state index contributed by atoms with van der Waals surface area (Å²) in [5, 5.41) is 9.59. The SMILES string of the molecule is OCc1ccc(-c2ccccc2-c2cnc(Cl)nc2Cl)cc1. The van der Waals surface area contributed by atoms with Crippen molar-refractivity contribution in [3.05, 3.63) is 70.7 Å². The molecule has 0 bridgehead atoms. The smallest absolute Gasteiger partial charge is 0.223 e. The molecule has 1 heterocycles. The van der Waals surface area contributed by atoms with Gasteiger partial charge in [-0.15, -0.1) is 0 Å². The van der Waals surface area contributed by atoms with E-state index in [4.69, 9.17) is 28.3 Å². The summed E-state index contributed by atoms with van der Waals surface area (Å²) in [5.74, 6) is 0. The minimum atomic E-state index is 0.0266. The average Bonchev–Trinajstić information content (AvgIpc) is 2.55. The van der Waals surface area contributed by atoms with Crippen LogP contribution < -0.4 is 0 Å². The van der Waals surface area contributed by atoms with E-state index in [0.29, 0.717) is 5.15 Å². The number of aliphatic hydroxyl groups excluding tert-OH is 1. The van der Waals surface area contributed by atoms with Gasteiger partial charge in [0, 0.05) is 11.8 Å². The highest BCUT2D eigenvalue weighted by atomic mass is 35.5. The van der Waals surface area contributed by atoms with Crippen LogP contribution in [0.25, 0.3) is 22.3 Å². The summed E-state index contributed by atoms with van der Waals surface area (Å²) in [6, 6.07) is 15.6. The molecule has 0 saturated heterocycles. The quantitative estimate of drug-likeness (QED) is 0.563. The van der Waals surface area contributed by atoms with E-state index in [9.17, 15) is 0 Å². The Labute approximate surface area is 138 Å². The highest BCUT2D eigenvalue weighted by Gasteiger charge is 2.12. The number of rotatable bonds is 3. The van der Waals surface area contributed by atoms with Gasteiger partial charge in [-0.3, -0.25) is 0 Å². The molecule has 3 nitrogen and oxygen atoms in total. The van der Waals surface area contributed by atoms with Crippen molar-refractivity contribution in [2.24, 2.45) is 0 Å². The summed E-state index contributed by atoms with van der Waals surface area (Å²) in [6.45, 7) is 0.0266. The van der Waals surface area contributed by atoms with E-state index in [2.05, 4.69) is 9.97 Å². The topological polar surface area (TPSA) is 46.0 Å². The van der Waals surface area contributed by atoms with Crippen molar-refractivity contribution in [2.45, 2.75) is 6.61 Å². The van der Waals surface area contributed by atoms with Gasteiger partial charge in [-0.1, -0.05) is 60.1 Å². The zero-order valence-corrected chi connectivity index (χ0v) is 13.0. The third-order valence-corrected chi connectivity index (χ3v) is 3.85. The minimum absolute atomic E-state index is 0.0266. The van der Waals surface area contributed by atoms with Crippen LogP contribution in [-0.4, -0.2) is 15.1 Å². The molecular formula is C17H12Cl2N2O. The maximum atomic E-state index is 9.15. The van der Waals surface area contributed by atoms with E-state index in [1.165, 1.54) is 0 Å². The van der Waals surface area contributed by atoms with Gasteiger partial charge in [0.05, 0.1) is 6.61 Å². The standard InChI is InChI=1S/C17H12Cl2N2O/c18-16-15(9-20-17(19)21-16)14-4-2-1-3-13(14)12-7-5-11(10-22)6-8-12/h1-9,22H,10H2. The molecule has 0 aliphatic heterocycles. The van der Waals surface area contributed by atoms with Crippen molar-refractivity contribution in [2.75, 3.05) is 0 Å². The van der Waals surface area contributed by atoms with Crippen LogP contribution in [0.2, 0.25) is 10.4 Å². The van der Waals surface area contributed by atoms with E-state index in [0.717, 1.165) is 27.8 Å². The van der Waals surface area contributed by atoms with Crippen LogP contribution >= 0.6 is 23.2 Å². The Morgan fingerprint density at radius 3 is 2.18 bits per heavy atom. The summed E-state index contributed by atoms with van der Waals surface area (Å²) in [6.07, 6.45) is 1.62. The number of nitrogens with zero attached hydrogens (tertiary/aromatic N) is 2. The molecule has 5 heteroatoms. The number of aromatic nitrogens is 2. The van der Waals surface area contributed by atoms with E-state index in [1.807, 2.05) is 48.5 Å². The fraction of sp³-hybridized carbons (Fsp3) is 0.0588. The van der Waals surface area contributed by atoms with Crippen LogP contribution in [0.1, 0.15) is 5.56 Å². The van der Waals surface area contributed by atoms with Crippen LogP contribution in [0.5, 0.6) is 0 Å². The lowest BCUT2D eigenvalue weighted by molar-refractivity contribution is 0.282. The van der Waals surface area contributed by atoms with E-state index < -0.39 is 0 Å². The highest BCUT2D eigenvalue weighted by molar-refractivity contribution is 6.33. The Kier molecular flexibility index (Phi) is 4.39. The molecule has 0 saturated carbocycles. The van der Waals surface area contributed by atoms with Crippen molar-refractivity contribution in [1.82, 2.24) is 9.97 Å². The summed E-state index contributed by atoms with van der Waals surface area (Å²) in [5.41, 5.74) is 4.57. The Hall–Kier alpha value is -1.94. The van der Waals surface area contributed by atoms with Crippen molar-refractivity contribution in [3.8, 4) is 22.3 Å². The summed E-state index contributed by atoms with van der Waals surface area (Å²) < 4.78 is 0. The molecule has 22 heavy (non-hydrogen) atoms. The molecule has 0 spiro atoms. The lowest BCUT2D eigenvalue weighted by Crippen LogP contribution is -1.91. The second-order valence-corrected chi connectivity index (χ2v) is 5.44. The summed E-state index contributed by atoms with van der Waals surface area (Å²) in [7, 11) is 0. The molecule has 0 fully saturated rings. The first-order valence-electron chi connectivity index (χ1n) is 6.66. The molecule has 0 aliphatic rings. The average molecular weight is 331 g/mol. The number of hydrogen-bond donors (Lipinski definition) is 1. The van der Waals surface area contributed by atoms with Crippen molar-refractivity contribution >= 4 is 23.2 Å². The second kappa shape index (κ2) is 6.44. The molecule has 3 rings (SSSR count). The van der Waals surface area contributed by atoms with E-state index >= 15 is 0 Å². The number of benzene rings is 2. The van der Waals surface area contributed by atoms with E-state index in [1.54, 1.807) is 6.20 Å². The van der Waals surface area contributed by atoms with Gasteiger partial charge < -0.3 is 5.11 Å². The predicted molar refractivity (Wildman–Crippen MR) is 88.8 cm³/mol. The number of halogens is 2. The predicted octanol–water partition coefficient (Wildman–Crippen LogP) is 4.61. The molecule has 3 aromatic rings. The van der Waals surface area contributed by atoms with Crippen LogP contribution in [0.15, 0.2) is 54.7 Å². The molecule has 0 radical (unpaired) electrons. The largest absolute Gasteiger partial charge is 0.392 e. The summed E-state index contributed by atoms with van der Waals surface area (Å²) >= 11 is 12.0. The first-order valence-corrected chi connectivity index (χ1v) is 7.42. The lowest BCUT2D eigenvalue weighted by atomic mass is 9.95. The van der Waals surface area contributed by atoms with Crippen molar-refractivity contribution in [3.63, 3.8) is 0 Å². The molecule has 110 valence electrons. The monoisotopic (exact) mass is 330 g/mol. The highest BCUT2D eigenvalue weighted by Crippen LogP contribution is 2.35. The fourth-order valence-corrected chi connectivity index (χ4v) is 2.69. The zero-order valence-electron chi connectivity index (χ0n) is 11.5. The minimum Gasteiger partial charge on any atom is -0.392 e. The first kappa shape index (κ1) is 15.0. The van der Waals surface area contributed by atoms with Gasteiger partial charge in [0.2, 0.25) is 5.28 Å². The lowest BCUT2D eigenvalue weighted by Gasteiger charge is -2.11. The van der Waals surface area contributed by atoms with Gasteiger partial charge >= 0.3 is 0 Å². The first-order chi connectivity index (χ1) is 10.7. The van der Waals surface area contributed by atoms with Gasteiger partial charge in [-0.05, 0) is 33.9 Å². The van der Waals surface area contributed by atoms with Gasteiger partial charge in [-0.2, -0.15) is 0 Å². The third-order valence-electron chi connectivity index (χ3n) is 3.38. The van der Waals surface area contributed by atoms with E-state index in [-0.39, 0.29) is 11.9 Å². The Bertz CT molecular complexity index is 804. The maximum Gasteiger partial charge on any atom is 0.223 e. The van der Waals surface area contributed by atoms with Gasteiger partial charge in [0.25, 0.3) is 0 Å². The van der Waals surface area contributed by atoms with Crippen LogP contribution in [0.3, 0.4) is 0 Å². The van der Waals surface area contributed by atoms with Crippen molar-refractivity contribution in [1.29, 1.82) is 0 Å². The maximum absolute atomic E-state index is 9.15. The Balaban J connectivity index is 2.13. The van der Waals surface area contributed by atoms with Crippen molar-refractivity contribution < 1.29 is 5.11 Å². The number of aliphatic hydroxyl groups is 1. The van der Waals surface area contributed by atoms with Gasteiger partial charge in [0.15, 0.2) is 0 Å². The molecule has 0 unspecified atom stereocenters. The third kappa shape index (κ3) is 2.97. The van der Waals surface area contributed by atoms with Gasteiger partial charge in [0.1, 0.15) is 5.15 Å². The Morgan fingerprint density at radius 1 is 0.864 bits per heavy atom. The molecule has 1 N–H and O–H groups in total. The van der Waals surface area contributed by atoms with Crippen LogP contribution in [0.4, 0.5) is 0 Å². The molecule has 1 aromatic heterocycles. The molecule has 0 amide bonds. The second-order valence-electron chi connectivity index (χ2n) is 4.74. The molecule has 0 atom stereocenters. The molecule has 2 aromatic carbocycles. The molecule has 0 aliphatic carbocycles. The number of hydrogen-bond acceptors (Lipinski definition) is 3. The normalized spacial score (nSPS) is 10.7. The molecular weight excluding hydrogens is 319 g/mol.